The number of aromatic nitrogens is 1. The van der Waals surface area contributed by atoms with Crippen LogP contribution in [0.1, 0.15) is 20.8 Å². The molecule has 1 aliphatic rings. The van der Waals surface area contributed by atoms with E-state index in [1.165, 1.54) is 25.0 Å². The Bertz CT molecular complexity index is 614. The zero-order valence-corrected chi connectivity index (χ0v) is 13.3. The Morgan fingerprint density at radius 2 is 1.96 bits per heavy atom. The van der Waals surface area contributed by atoms with E-state index in [4.69, 9.17) is 0 Å². The van der Waals surface area contributed by atoms with E-state index in [0.717, 1.165) is 4.90 Å². The number of nitrogens with zero attached hydrogens (tertiary/aromatic N) is 2. The van der Waals surface area contributed by atoms with E-state index in [-0.39, 0.29) is 47.7 Å². The Hall–Kier alpha value is -2.42. The molecule has 122 valence electrons. The predicted octanol–water partition coefficient (Wildman–Crippen LogP) is -0.727. The molecule has 0 bridgehead atoms. The quantitative estimate of drug-likeness (QED) is 0.636. The third kappa shape index (κ3) is 4.07. The van der Waals surface area contributed by atoms with E-state index in [9.17, 15) is 19.2 Å². The van der Waals surface area contributed by atoms with Crippen molar-refractivity contribution in [1.29, 1.82) is 0 Å². The van der Waals surface area contributed by atoms with Crippen molar-refractivity contribution in [3.63, 3.8) is 0 Å². The van der Waals surface area contributed by atoms with Gasteiger partial charge in [-0.05, 0) is 12.1 Å². The van der Waals surface area contributed by atoms with Gasteiger partial charge in [-0.2, -0.15) is 0 Å². The Morgan fingerprint density at radius 1 is 1.22 bits per heavy atom. The Labute approximate surface area is 137 Å². The summed E-state index contributed by atoms with van der Waals surface area (Å²) in [5.41, 5.74) is 0.426. The third-order valence-corrected chi connectivity index (χ3v) is 4.07. The Morgan fingerprint density at radius 3 is 2.65 bits per heavy atom. The summed E-state index contributed by atoms with van der Waals surface area (Å²) in [6, 6.07) is 3.15. The van der Waals surface area contributed by atoms with Crippen molar-refractivity contribution in [3.8, 4) is 0 Å². The fourth-order valence-electron chi connectivity index (χ4n) is 1.98. The predicted molar refractivity (Wildman–Crippen MR) is 84.0 cm³/mol. The topological polar surface area (TPSA) is 108 Å². The lowest BCUT2D eigenvalue weighted by molar-refractivity contribution is -0.118. The second kappa shape index (κ2) is 7.73. The molecule has 0 aliphatic carbocycles. The first kappa shape index (κ1) is 16.9. The lowest BCUT2D eigenvalue weighted by Gasteiger charge is -2.13. The summed E-state index contributed by atoms with van der Waals surface area (Å²) in [5.74, 6) is -0.921. The van der Waals surface area contributed by atoms with Crippen molar-refractivity contribution in [2.24, 2.45) is 0 Å². The summed E-state index contributed by atoms with van der Waals surface area (Å²) >= 11 is 1.19. The molecule has 2 heterocycles. The fourth-order valence-corrected chi connectivity index (χ4v) is 2.70. The molecular formula is C14H16N4O4S. The molecular weight excluding hydrogens is 320 g/mol. The zero-order chi connectivity index (χ0) is 16.8. The van der Waals surface area contributed by atoms with E-state index < -0.39 is 11.8 Å². The molecule has 0 fully saturated rings. The van der Waals surface area contributed by atoms with Crippen molar-refractivity contribution >= 4 is 35.4 Å². The van der Waals surface area contributed by atoms with Crippen molar-refractivity contribution in [3.05, 3.63) is 29.6 Å². The van der Waals surface area contributed by atoms with Crippen molar-refractivity contribution in [2.75, 3.05) is 31.6 Å². The van der Waals surface area contributed by atoms with Crippen LogP contribution in [0, 0.1) is 0 Å². The average Bonchev–Trinajstić information content (AvgIpc) is 2.80. The maximum absolute atomic E-state index is 12.1. The Balaban J connectivity index is 1.75. The maximum Gasteiger partial charge on any atom is 0.280 e. The monoisotopic (exact) mass is 336 g/mol. The molecule has 0 aromatic carbocycles. The van der Waals surface area contributed by atoms with E-state index >= 15 is 0 Å². The SMILES string of the molecule is CNC(=O)CSCC(=O)NCCN1C(=O)c2cccnc2C1=O. The molecule has 9 heteroatoms. The van der Waals surface area contributed by atoms with E-state index in [0.29, 0.717) is 0 Å². The molecule has 23 heavy (non-hydrogen) atoms. The number of nitrogens with one attached hydrogen (secondary N) is 2. The van der Waals surface area contributed by atoms with Gasteiger partial charge in [-0.1, -0.05) is 0 Å². The smallest absolute Gasteiger partial charge is 0.280 e. The van der Waals surface area contributed by atoms with Gasteiger partial charge in [-0.25, -0.2) is 0 Å². The van der Waals surface area contributed by atoms with E-state index in [1.54, 1.807) is 12.1 Å². The number of hydrogen-bond acceptors (Lipinski definition) is 6. The standard InChI is InChI=1S/C14H16N4O4S/c1-15-10(19)7-23-8-11(20)16-5-6-18-13(21)9-3-2-4-17-12(9)14(18)22/h2-4H,5-8H2,1H3,(H,15,19)(H,16,20). The minimum Gasteiger partial charge on any atom is -0.358 e. The largest absolute Gasteiger partial charge is 0.358 e. The zero-order valence-electron chi connectivity index (χ0n) is 12.5. The number of hydrogen-bond donors (Lipinski definition) is 2. The first-order valence-corrected chi connectivity index (χ1v) is 8.06. The molecule has 0 spiro atoms. The van der Waals surface area contributed by atoms with Crippen LogP contribution >= 0.6 is 11.8 Å². The highest BCUT2D eigenvalue weighted by atomic mass is 32.2. The highest BCUT2D eigenvalue weighted by molar-refractivity contribution is 8.00. The van der Waals surface area contributed by atoms with Crippen molar-refractivity contribution < 1.29 is 19.2 Å². The van der Waals surface area contributed by atoms with Crippen LogP contribution in [-0.2, 0) is 9.59 Å². The summed E-state index contributed by atoms with van der Waals surface area (Å²) in [7, 11) is 1.53. The number of carbonyl (C=O) groups is 4. The molecule has 1 aromatic rings. The number of thioether (sulfide) groups is 1. The van der Waals surface area contributed by atoms with Crippen LogP contribution in [0.3, 0.4) is 0 Å². The molecule has 0 saturated carbocycles. The van der Waals surface area contributed by atoms with Crippen molar-refractivity contribution in [1.82, 2.24) is 20.5 Å². The normalized spacial score (nSPS) is 13.0. The summed E-state index contributed by atoms with van der Waals surface area (Å²) in [4.78, 5) is 51.7. The van der Waals surface area contributed by atoms with Crippen molar-refractivity contribution in [2.45, 2.75) is 0 Å². The number of pyridine rings is 1. The van der Waals surface area contributed by atoms with Crippen LogP contribution in [0.25, 0.3) is 0 Å². The summed E-state index contributed by atoms with van der Waals surface area (Å²) in [5, 5.41) is 5.07. The maximum atomic E-state index is 12.1. The Kier molecular flexibility index (Phi) is 5.69. The van der Waals surface area contributed by atoms with Gasteiger partial charge in [-0.15, -0.1) is 11.8 Å². The third-order valence-electron chi connectivity index (χ3n) is 3.13. The molecule has 2 N–H and O–H groups in total. The number of imide groups is 1. The minimum atomic E-state index is -0.450. The molecule has 0 unspecified atom stereocenters. The molecule has 1 aromatic heterocycles. The van der Waals surface area contributed by atoms with Gasteiger partial charge in [0.25, 0.3) is 11.8 Å². The summed E-state index contributed by atoms with van der Waals surface area (Å²) < 4.78 is 0. The van der Waals surface area contributed by atoms with E-state index in [1.807, 2.05) is 0 Å². The molecule has 0 atom stereocenters. The van der Waals surface area contributed by atoms with Gasteiger partial charge >= 0.3 is 0 Å². The lowest BCUT2D eigenvalue weighted by Crippen LogP contribution is -2.38. The van der Waals surface area contributed by atoms with Crippen LogP contribution in [0.2, 0.25) is 0 Å². The highest BCUT2D eigenvalue weighted by Gasteiger charge is 2.36. The molecule has 0 radical (unpaired) electrons. The molecule has 8 nitrogen and oxygen atoms in total. The highest BCUT2D eigenvalue weighted by Crippen LogP contribution is 2.19. The van der Waals surface area contributed by atoms with Gasteiger partial charge in [0.05, 0.1) is 17.1 Å². The lowest BCUT2D eigenvalue weighted by atomic mass is 10.2. The first-order chi connectivity index (χ1) is 11.0. The minimum absolute atomic E-state index is 0.0832. The van der Waals surface area contributed by atoms with Crippen LogP contribution < -0.4 is 10.6 Å². The van der Waals surface area contributed by atoms with Gasteiger partial charge in [-0.3, -0.25) is 29.1 Å². The van der Waals surface area contributed by atoms with Gasteiger partial charge in [0.15, 0.2) is 0 Å². The molecule has 4 amide bonds. The summed E-state index contributed by atoms with van der Waals surface area (Å²) in [6.45, 7) is 0.241. The second-order valence-corrected chi connectivity index (χ2v) is 5.66. The van der Waals surface area contributed by atoms with Gasteiger partial charge < -0.3 is 10.6 Å². The average molecular weight is 336 g/mol. The number of fused-ring (bicyclic) bond motifs is 1. The molecule has 1 aliphatic heterocycles. The first-order valence-electron chi connectivity index (χ1n) is 6.91. The van der Waals surface area contributed by atoms with Crippen LogP contribution in [0.4, 0.5) is 0 Å². The summed E-state index contributed by atoms with van der Waals surface area (Å²) in [6.07, 6.45) is 1.46. The van der Waals surface area contributed by atoms with E-state index in [2.05, 4.69) is 15.6 Å². The van der Waals surface area contributed by atoms with Crippen LogP contribution in [-0.4, -0.2) is 65.2 Å². The van der Waals surface area contributed by atoms with Gasteiger partial charge in [0.1, 0.15) is 5.69 Å². The van der Waals surface area contributed by atoms with Crippen LogP contribution in [0.5, 0.6) is 0 Å². The number of rotatable bonds is 7. The number of amides is 4. The second-order valence-electron chi connectivity index (χ2n) is 4.68. The van der Waals surface area contributed by atoms with Gasteiger partial charge in [0, 0.05) is 26.3 Å². The fraction of sp³-hybridized carbons (Fsp3) is 0.357. The molecule has 0 saturated heterocycles. The number of carbonyl (C=O) groups excluding carboxylic acids is 4. The van der Waals surface area contributed by atoms with Gasteiger partial charge in [0.2, 0.25) is 11.8 Å². The molecule has 2 rings (SSSR count). The van der Waals surface area contributed by atoms with Crippen LogP contribution in [0.15, 0.2) is 18.3 Å².